The van der Waals surface area contributed by atoms with Crippen molar-refractivity contribution >= 4 is 34.2 Å². The minimum absolute atomic E-state index is 0.312. The van der Waals surface area contributed by atoms with Gasteiger partial charge in [0.1, 0.15) is 4.60 Å². The van der Waals surface area contributed by atoms with E-state index in [0.29, 0.717) is 6.54 Å². The lowest BCUT2D eigenvalue weighted by Crippen LogP contribution is -2.19. The molecule has 4 nitrogen and oxygen atoms in total. The fourth-order valence-corrected chi connectivity index (χ4v) is 1.98. The van der Waals surface area contributed by atoms with Crippen molar-refractivity contribution in [3.63, 3.8) is 0 Å². The van der Waals surface area contributed by atoms with Crippen LogP contribution in [0, 0.1) is 0 Å². The average molecular weight is 333 g/mol. The van der Waals surface area contributed by atoms with Gasteiger partial charge in [0.05, 0.1) is 5.69 Å². The molecule has 102 valence electrons. The Labute approximate surface area is 125 Å². The largest absolute Gasteiger partial charge is 0.465 e. The van der Waals surface area contributed by atoms with Crippen LogP contribution in [-0.4, -0.2) is 16.2 Å². The summed E-state index contributed by atoms with van der Waals surface area (Å²) < 4.78 is 0.801. The van der Waals surface area contributed by atoms with E-state index in [9.17, 15) is 4.79 Å². The Bertz CT molecular complexity index is 624. The maximum Gasteiger partial charge on any atom is 0.404 e. The van der Waals surface area contributed by atoms with Crippen molar-refractivity contribution in [1.29, 1.82) is 0 Å². The van der Waals surface area contributed by atoms with E-state index >= 15 is 0 Å². The number of amides is 1. The fraction of sp³-hybridized carbons (Fsp3) is 0.0667. The molecule has 0 aliphatic carbocycles. The number of nitrogens with one attached hydrogen (secondary N) is 1. The van der Waals surface area contributed by atoms with Gasteiger partial charge in [-0.2, -0.15) is 0 Å². The molecule has 0 unspecified atom stereocenters. The van der Waals surface area contributed by atoms with E-state index in [1.54, 1.807) is 0 Å². The second kappa shape index (κ2) is 6.86. The van der Waals surface area contributed by atoms with Crippen molar-refractivity contribution in [3.05, 3.63) is 63.9 Å². The van der Waals surface area contributed by atoms with Crippen molar-refractivity contribution in [3.8, 4) is 0 Å². The van der Waals surface area contributed by atoms with Crippen molar-refractivity contribution in [2.75, 3.05) is 0 Å². The number of hydrogen-bond acceptors (Lipinski definition) is 2. The molecular weight excluding hydrogens is 320 g/mol. The number of hydrogen-bond donors (Lipinski definition) is 2. The molecule has 0 radical (unpaired) electrons. The van der Waals surface area contributed by atoms with Crippen LogP contribution in [0.3, 0.4) is 0 Å². The molecule has 1 amide bonds. The Morgan fingerprint density at radius 2 is 1.95 bits per heavy atom. The van der Waals surface area contributed by atoms with Crippen LogP contribution in [0.15, 0.2) is 47.1 Å². The van der Waals surface area contributed by atoms with E-state index in [-0.39, 0.29) is 0 Å². The minimum Gasteiger partial charge on any atom is -0.465 e. The van der Waals surface area contributed by atoms with Crippen LogP contribution in [0.25, 0.3) is 12.2 Å². The number of nitrogens with zero attached hydrogens (tertiary/aromatic N) is 1. The van der Waals surface area contributed by atoms with Gasteiger partial charge in [-0.05, 0) is 45.3 Å². The molecule has 0 aliphatic rings. The summed E-state index contributed by atoms with van der Waals surface area (Å²) in [6.45, 7) is 0.312. The molecule has 0 aliphatic heterocycles. The third kappa shape index (κ3) is 4.51. The number of aromatic nitrogens is 1. The van der Waals surface area contributed by atoms with E-state index in [0.717, 1.165) is 21.4 Å². The predicted octanol–water partition coefficient (Wildman–Crippen LogP) is 3.78. The molecule has 0 fully saturated rings. The number of rotatable bonds is 4. The first-order valence-corrected chi connectivity index (χ1v) is 6.79. The van der Waals surface area contributed by atoms with E-state index in [1.807, 2.05) is 54.6 Å². The van der Waals surface area contributed by atoms with E-state index in [2.05, 4.69) is 26.2 Å². The number of halogens is 1. The van der Waals surface area contributed by atoms with Crippen molar-refractivity contribution in [2.45, 2.75) is 6.54 Å². The zero-order valence-corrected chi connectivity index (χ0v) is 12.2. The Morgan fingerprint density at radius 3 is 2.60 bits per heavy atom. The van der Waals surface area contributed by atoms with Gasteiger partial charge >= 0.3 is 6.09 Å². The van der Waals surface area contributed by atoms with Gasteiger partial charge in [0.15, 0.2) is 0 Å². The van der Waals surface area contributed by atoms with Gasteiger partial charge in [0, 0.05) is 6.54 Å². The lowest BCUT2D eigenvalue weighted by atomic mass is 10.1. The van der Waals surface area contributed by atoms with Crippen LogP contribution >= 0.6 is 15.9 Å². The molecule has 0 saturated carbocycles. The van der Waals surface area contributed by atoms with Crippen LogP contribution < -0.4 is 5.32 Å². The van der Waals surface area contributed by atoms with Gasteiger partial charge in [-0.3, -0.25) is 0 Å². The Balaban J connectivity index is 2.01. The molecule has 2 N–H and O–H groups in total. The number of benzene rings is 1. The Kier molecular flexibility index (Phi) is 4.90. The third-order valence-electron chi connectivity index (χ3n) is 2.61. The molecule has 20 heavy (non-hydrogen) atoms. The van der Waals surface area contributed by atoms with Crippen LogP contribution in [0.5, 0.6) is 0 Å². The average Bonchev–Trinajstić information content (AvgIpc) is 2.44. The highest BCUT2D eigenvalue weighted by Crippen LogP contribution is 2.11. The van der Waals surface area contributed by atoms with Gasteiger partial charge in [-0.15, -0.1) is 0 Å². The zero-order chi connectivity index (χ0) is 14.4. The summed E-state index contributed by atoms with van der Waals surface area (Å²) in [5.74, 6) is 0. The van der Waals surface area contributed by atoms with E-state index < -0.39 is 6.09 Å². The van der Waals surface area contributed by atoms with Crippen LogP contribution in [0.1, 0.15) is 16.8 Å². The fourth-order valence-electron chi connectivity index (χ4n) is 1.62. The number of carboxylic acid groups (broad SMARTS) is 1. The summed E-state index contributed by atoms with van der Waals surface area (Å²) >= 11 is 3.33. The van der Waals surface area contributed by atoms with Gasteiger partial charge in [-0.1, -0.05) is 36.4 Å². The first-order valence-electron chi connectivity index (χ1n) is 6.00. The lowest BCUT2D eigenvalue weighted by molar-refractivity contribution is 0.194. The number of carbonyl (C=O) groups is 1. The topological polar surface area (TPSA) is 62.2 Å². The monoisotopic (exact) mass is 332 g/mol. The quantitative estimate of drug-likeness (QED) is 0.837. The summed E-state index contributed by atoms with van der Waals surface area (Å²) in [7, 11) is 0. The second-order valence-electron chi connectivity index (χ2n) is 4.12. The van der Waals surface area contributed by atoms with Gasteiger partial charge < -0.3 is 10.4 Å². The second-order valence-corrected chi connectivity index (χ2v) is 4.93. The Hall–Kier alpha value is -2.14. The molecule has 1 aromatic carbocycles. The molecule has 2 rings (SSSR count). The highest BCUT2D eigenvalue weighted by atomic mass is 79.9. The minimum atomic E-state index is -1.02. The smallest absolute Gasteiger partial charge is 0.404 e. The van der Waals surface area contributed by atoms with E-state index in [4.69, 9.17) is 5.11 Å². The molecule has 1 aromatic heterocycles. The summed E-state index contributed by atoms with van der Waals surface area (Å²) in [6, 6.07) is 13.4. The maximum atomic E-state index is 10.4. The predicted molar refractivity (Wildman–Crippen MR) is 82.2 cm³/mol. The Morgan fingerprint density at radius 1 is 1.20 bits per heavy atom. The van der Waals surface area contributed by atoms with Crippen molar-refractivity contribution in [2.24, 2.45) is 0 Å². The highest BCUT2D eigenvalue weighted by Gasteiger charge is 1.96. The van der Waals surface area contributed by atoms with Crippen LogP contribution in [0.2, 0.25) is 0 Å². The summed E-state index contributed by atoms with van der Waals surface area (Å²) in [6.07, 6.45) is 2.87. The number of pyridine rings is 1. The zero-order valence-electron chi connectivity index (χ0n) is 10.6. The summed E-state index contributed by atoms with van der Waals surface area (Å²) in [4.78, 5) is 14.7. The van der Waals surface area contributed by atoms with Crippen molar-refractivity contribution < 1.29 is 9.90 Å². The molecule has 1 heterocycles. The highest BCUT2D eigenvalue weighted by molar-refractivity contribution is 9.10. The molecule has 0 atom stereocenters. The van der Waals surface area contributed by atoms with Crippen LogP contribution in [0.4, 0.5) is 4.79 Å². The summed E-state index contributed by atoms with van der Waals surface area (Å²) in [5.41, 5.74) is 2.83. The lowest BCUT2D eigenvalue weighted by Gasteiger charge is -2.01. The van der Waals surface area contributed by atoms with Gasteiger partial charge in [0.2, 0.25) is 0 Å². The third-order valence-corrected chi connectivity index (χ3v) is 3.05. The van der Waals surface area contributed by atoms with E-state index in [1.165, 1.54) is 0 Å². The molecule has 0 saturated heterocycles. The first kappa shape index (κ1) is 14.3. The first-order chi connectivity index (χ1) is 9.63. The van der Waals surface area contributed by atoms with Gasteiger partial charge in [0.25, 0.3) is 0 Å². The standard InChI is InChI=1S/C15H13BrN2O2/c16-14-3-1-2-13(18-14)9-8-11-4-6-12(7-5-11)10-17-15(19)20/h1-9,17H,10H2,(H,19,20). The maximum absolute atomic E-state index is 10.4. The van der Waals surface area contributed by atoms with Gasteiger partial charge in [-0.25, -0.2) is 9.78 Å². The molecule has 0 bridgehead atoms. The van der Waals surface area contributed by atoms with Crippen molar-refractivity contribution in [1.82, 2.24) is 10.3 Å². The molecule has 0 spiro atoms. The molecule has 2 aromatic rings. The summed E-state index contributed by atoms with van der Waals surface area (Å²) in [5, 5.41) is 10.9. The normalized spacial score (nSPS) is 10.7. The SMILES string of the molecule is O=C(O)NCc1ccc(C=Cc2cccc(Br)n2)cc1. The van der Waals surface area contributed by atoms with Crippen LogP contribution in [-0.2, 0) is 6.54 Å². The molecular formula is C15H13BrN2O2. The molecule has 5 heteroatoms.